The number of nitrogens with one attached hydrogen (secondary N) is 1. The number of hydrogen-bond donors (Lipinski definition) is 1. The van der Waals surface area contributed by atoms with E-state index in [1.165, 1.54) is 37.3 Å². The van der Waals surface area contributed by atoms with Crippen LogP contribution in [0.4, 0.5) is 5.69 Å². The van der Waals surface area contributed by atoms with E-state index in [2.05, 4.69) is 5.32 Å². The van der Waals surface area contributed by atoms with E-state index in [4.69, 9.17) is 21.1 Å². The van der Waals surface area contributed by atoms with Crippen molar-refractivity contribution in [3.05, 3.63) is 82.4 Å². The van der Waals surface area contributed by atoms with Crippen LogP contribution in [0.3, 0.4) is 0 Å². The number of sulfonamides is 1. The predicted octanol–water partition coefficient (Wildman–Crippen LogP) is 5.50. The maximum atomic E-state index is 14.2. The van der Waals surface area contributed by atoms with E-state index in [1.807, 2.05) is 26.8 Å². The van der Waals surface area contributed by atoms with Gasteiger partial charge in [0.2, 0.25) is 11.8 Å². The molecule has 0 heterocycles. The number of hydrogen-bond acceptors (Lipinski definition) is 6. The topological polar surface area (TPSA) is 105 Å². The van der Waals surface area contributed by atoms with Crippen molar-refractivity contribution in [3.8, 4) is 11.5 Å². The van der Waals surface area contributed by atoms with Gasteiger partial charge in [-0.2, -0.15) is 0 Å². The number of anilines is 1. The molecule has 0 bridgehead atoms. The number of aryl methyl sites for hydroxylation is 2. The first-order valence-electron chi connectivity index (χ1n) is 14.1. The molecule has 3 aromatic rings. The Kier molecular flexibility index (Phi) is 11.9. The zero-order valence-corrected chi connectivity index (χ0v) is 27.1. The van der Waals surface area contributed by atoms with Crippen LogP contribution >= 0.6 is 11.6 Å². The van der Waals surface area contributed by atoms with E-state index in [0.29, 0.717) is 28.6 Å². The third-order valence-electron chi connectivity index (χ3n) is 6.96. The Labute approximate surface area is 259 Å². The number of rotatable bonds is 14. The smallest absolute Gasteiger partial charge is 0.264 e. The summed E-state index contributed by atoms with van der Waals surface area (Å²) in [6.07, 6.45) is 1.70. The summed E-state index contributed by atoms with van der Waals surface area (Å²) in [4.78, 5) is 28.6. The normalized spacial score (nSPS) is 11.9. The van der Waals surface area contributed by atoms with Gasteiger partial charge < -0.3 is 19.7 Å². The van der Waals surface area contributed by atoms with Crippen molar-refractivity contribution >= 4 is 39.1 Å². The highest BCUT2D eigenvalue weighted by molar-refractivity contribution is 7.92. The Balaban J connectivity index is 2.08. The van der Waals surface area contributed by atoms with Gasteiger partial charge in [0.15, 0.2) is 11.5 Å². The number of benzene rings is 3. The monoisotopic (exact) mass is 629 g/mol. The molecular formula is C32H40ClN3O6S. The van der Waals surface area contributed by atoms with Crippen LogP contribution in [0.1, 0.15) is 43.4 Å². The summed E-state index contributed by atoms with van der Waals surface area (Å²) in [5.41, 5.74) is 2.68. The molecule has 1 atom stereocenters. The molecule has 43 heavy (non-hydrogen) atoms. The largest absolute Gasteiger partial charge is 0.493 e. The minimum absolute atomic E-state index is 0.0544. The van der Waals surface area contributed by atoms with Gasteiger partial charge in [-0.25, -0.2) is 8.42 Å². The van der Waals surface area contributed by atoms with Crippen LogP contribution in [0, 0.1) is 13.8 Å². The molecule has 11 heteroatoms. The summed E-state index contributed by atoms with van der Waals surface area (Å²) >= 11 is 6.21. The van der Waals surface area contributed by atoms with E-state index in [1.54, 1.807) is 43.3 Å². The SMILES string of the molecule is CCCCNC(=O)C(C)N(Cc1cccc(Cl)c1)C(=O)CN(c1cc(C)cc(C)c1)S(=O)(=O)c1ccc(OC)c(OC)c1. The lowest BCUT2D eigenvalue weighted by molar-refractivity contribution is -0.139. The molecule has 0 fully saturated rings. The number of nitrogens with zero attached hydrogens (tertiary/aromatic N) is 2. The van der Waals surface area contributed by atoms with Crippen molar-refractivity contribution in [3.63, 3.8) is 0 Å². The Morgan fingerprint density at radius 2 is 1.63 bits per heavy atom. The fourth-order valence-corrected chi connectivity index (χ4v) is 6.31. The Hall–Kier alpha value is -3.76. The molecule has 232 valence electrons. The van der Waals surface area contributed by atoms with Crippen molar-refractivity contribution in [2.75, 3.05) is 31.6 Å². The first kappa shape index (κ1) is 33.7. The minimum atomic E-state index is -4.29. The van der Waals surface area contributed by atoms with E-state index >= 15 is 0 Å². The zero-order valence-electron chi connectivity index (χ0n) is 25.5. The molecule has 0 saturated heterocycles. The van der Waals surface area contributed by atoms with Gasteiger partial charge in [-0.05, 0) is 80.3 Å². The standard InChI is InChI=1S/C32H40ClN3O6S/c1-7-8-14-34-32(38)24(4)35(20-25-10-9-11-26(33)18-25)31(37)21-36(27-16-22(2)15-23(3)17-27)43(39,40)28-12-13-29(41-5)30(19-28)42-6/h9-13,15-19,24H,7-8,14,20-21H2,1-6H3,(H,34,38). The second-order valence-electron chi connectivity index (χ2n) is 10.3. The van der Waals surface area contributed by atoms with Crippen LogP contribution in [-0.4, -0.2) is 58.5 Å². The highest BCUT2D eigenvalue weighted by Gasteiger charge is 2.33. The summed E-state index contributed by atoms with van der Waals surface area (Å²) < 4.78 is 40.2. The van der Waals surface area contributed by atoms with Crippen molar-refractivity contribution < 1.29 is 27.5 Å². The number of carbonyl (C=O) groups is 2. The second kappa shape index (κ2) is 15.1. The molecule has 2 amide bonds. The summed E-state index contributed by atoms with van der Waals surface area (Å²) in [5.74, 6) is -0.285. The first-order chi connectivity index (χ1) is 20.4. The summed E-state index contributed by atoms with van der Waals surface area (Å²) in [5, 5.41) is 3.36. The molecular weight excluding hydrogens is 590 g/mol. The number of methoxy groups -OCH3 is 2. The van der Waals surface area contributed by atoms with Crippen LogP contribution in [0.25, 0.3) is 0 Å². The quantitative estimate of drug-likeness (QED) is 0.236. The maximum Gasteiger partial charge on any atom is 0.264 e. The van der Waals surface area contributed by atoms with Crippen molar-refractivity contribution in [2.24, 2.45) is 0 Å². The van der Waals surface area contributed by atoms with Crippen molar-refractivity contribution in [1.29, 1.82) is 0 Å². The Morgan fingerprint density at radius 3 is 2.23 bits per heavy atom. The van der Waals surface area contributed by atoms with Crippen LogP contribution in [0.2, 0.25) is 5.02 Å². The molecule has 0 spiro atoms. The van der Waals surface area contributed by atoms with Crippen LogP contribution in [-0.2, 0) is 26.2 Å². The Bertz CT molecular complexity index is 1530. The molecule has 0 aliphatic heterocycles. The van der Waals surface area contributed by atoms with Gasteiger partial charge in [-0.15, -0.1) is 0 Å². The number of halogens is 1. The molecule has 3 rings (SSSR count). The fourth-order valence-electron chi connectivity index (χ4n) is 4.68. The molecule has 0 radical (unpaired) electrons. The van der Waals surface area contributed by atoms with Gasteiger partial charge >= 0.3 is 0 Å². The lowest BCUT2D eigenvalue weighted by Gasteiger charge is -2.32. The van der Waals surface area contributed by atoms with E-state index in [9.17, 15) is 18.0 Å². The minimum Gasteiger partial charge on any atom is -0.493 e. The molecule has 0 aromatic heterocycles. The average Bonchev–Trinajstić information content (AvgIpc) is 2.97. The lowest BCUT2D eigenvalue weighted by Crippen LogP contribution is -2.51. The highest BCUT2D eigenvalue weighted by atomic mass is 35.5. The first-order valence-corrected chi connectivity index (χ1v) is 15.9. The van der Waals surface area contributed by atoms with Gasteiger partial charge in [0.05, 0.1) is 24.8 Å². The second-order valence-corrected chi connectivity index (χ2v) is 12.6. The fraction of sp³-hybridized carbons (Fsp3) is 0.375. The third kappa shape index (κ3) is 8.64. The van der Waals surface area contributed by atoms with Gasteiger partial charge in [0.1, 0.15) is 12.6 Å². The summed E-state index contributed by atoms with van der Waals surface area (Å²) in [7, 11) is -1.41. The average molecular weight is 630 g/mol. The van der Waals surface area contributed by atoms with Gasteiger partial charge in [0, 0.05) is 24.2 Å². The molecule has 0 aliphatic carbocycles. The Morgan fingerprint density at radius 1 is 0.953 bits per heavy atom. The summed E-state index contributed by atoms with van der Waals surface area (Å²) in [6, 6.07) is 15.7. The van der Waals surface area contributed by atoms with Crippen molar-refractivity contribution in [1.82, 2.24) is 10.2 Å². The molecule has 9 nitrogen and oxygen atoms in total. The van der Waals surface area contributed by atoms with E-state index in [0.717, 1.165) is 28.3 Å². The third-order valence-corrected chi connectivity index (χ3v) is 8.96. The van der Waals surface area contributed by atoms with Crippen molar-refractivity contribution in [2.45, 2.75) is 58.0 Å². The molecule has 1 N–H and O–H groups in total. The number of unbranched alkanes of at least 4 members (excludes halogenated alkanes) is 1. The molecule has 0 aliphatic rings. The van der Waals surface area contributed by atoms with E-state index < -0.39 is 28.5 Å². The highest BCUT2D eigenvalue weighted by Crippen LogP contribution is 2.33. The van der Waals surface area contributed by atoms with Gasteiger partial charge in [-0.3, -0.25) is 13.9 Å². The van der Waals surface area contributed by atoms with Crippen LogP contribution in [0.5, 0.6) is 11.5 Å². The van der Waals surface area contributed by atoms with E-state index in [-0.39, 0.29) is 23.1 Å². The van der Waals surface area contributed by atoms with Crippen LogP contribution in [0.15, 0.2) is 65.6 Å². The molecule has 0 saturated carbocycles. The summed E-state index contributed by atoms with van der Waals surface area (Å²) in [6.45, 7) is 7.34. The number of amides is 2. The number of carbonyl (C=O) groups excluding carboxylic acids is 2. The molecule has 1 unspecified atom stereocenters. The maximum absolute atomic E-state index is 14.2. The van der Waals surface area contributed by atoms with Gasteiger partial charge in [0.25, 0.3) is 10.0 Å². The number of ether oxygens (including phenoxy) is 2. The van der Waals surface area contributed by atoms with Crippen LogP contribution < -0.4 is 19.1 Å². The predicted molar refractivity (Wildman–Crippen MR) is 169 cm³/mol. The lowest BCUT2D eigenvalue weighted by atomic mass is 10.1. The zero-order chi connectivity index (χ0) is 31.7. The molecule has 3 aromatic carbocycles. The van der Waals surface area contributed by atoms with Gasteiger partial charge in [-0.1, -0.05) is 43.1 Å².